The van der Waals surface area contributed by atoms with Gasteiger partial charge in [0.25, 0.3) is 0 Å². The van der Waals surface area contributed by atoms with Crippen molar-refractivity contribution in [2.45, 2.75) is 12.3 Å². The number of hydroxylamine groups is 2. The molecule has 0 spiro atoms. The summed E-state index contributed by atoms with van der Waals surface area (Å²) in [4.78, 5) is 10.8. The Labute approximate surface area is 109 Å². The van der Waals surface area contributed by atoms with Crippen molar-refractivity contribution < 1.29 is 10.0 Å². The first-order valence-electron chi connectivity index (χ1n) is 5.89. The van der Waals surface area contributed by atoms with E-state index < -0.39 is 6.03 Å². The van der Waals surface area contributed by atoms with Crippen LogP contribution in [0.1, 0.15) is 17.9 Å². The number of thiophene rings is 1. The third kappa shape index (κ3) is 1.95. The van der Waals surface area contributed by atoms with Crippen LogP contribution in [-0.4, -0.2) is 22.8 Å². The molecule has 1 heterocycles. The molecule has 1 aliphatic carbocycles. The third-order valence-electron chi connectivity index (χ3n) is 3.49. The standard InChI is InChI=1S/C13H14N2O2S/c14-13(16)15(17)6-8-5-10(8)11-7-18-12-4-2-1-3-9(11)12/h1-4,7-8,10,17H,5-6H2,(H2,14,16). The van der Waals surface area contributed by atoms with Gasteiger partial charge in [-0.2, -0.15) is 0 Å². The Morgan fingerprint density at radius 2 is 2.28 bits per heavy atom. The zero-order valence-corrected chi connectivity index (χ0v) is 10.6. The van der Waals surface area contributed by atoms with E-state index in [9.17, 15) is 10.0 Å². The Morgan fingerprint density at radius 3 is 3.06 bits per heavy atom. The molecule has 2 unspecified atom stereocenters. The predicted molar refractivity (Wildman–Crippen MR) is 70.7 cm³/mol. The van der Waals surface area contributed by atoms with Gasteiger partial charge in [0, 0.05) is 4.70 Å². The molecule has 2 aromatic rings. The minimum Gasteiger partial charge on any atom is -0.350 e. The summed E-state index contributed by atoms with van der Waals surface area (Å²) in [6, 6.07) is 7.54. The highest BCUT2D eigenvalue weighted by Crippen LogP contribution is 2.50. The van der Waals surface area contributed by atoms with Crippen molar-refractivity contribution in [2.24, 2.45) is 11.7 Å². The second-order valence-corrected chi connectivity index (χ2v) is 5.62. The monoisotopic (exact) mass is 262 g/mol. The number of benzene rings is 1. The molecule has 18 heavy (non-hydrogen) atoms. The molecular formula is C13H14N2O2S. The highest BCUT2D eigenvalue weighted by atomic mass is 32.1. The lowest BCUT2D eigenvalue weighted by molar-refractivity contribution is -0.0431. The topological polar surface area (TPSA) is 66.6 Å². The zero-order chi connectivity index (χ0) is 12.7. The van der Waals surface area contributed by atoms with Crippen molar-refractivity contribution >= 4 is 27.5 Å². The summed E-state index contributed by atoms with van der Waals surface area (Å²) in [5, 5.41) is 13.4. The smallest absolute Gasteiger partial charge is 0.338 e. The summed E-state index contributed by atoms with van der Waals surface area (Å²) >= 11 is 1.74. The second-order valence-electron chi connectivity index (χ2n) is 4.71. The number of amides is 2. The summed E-state index contributed by atoms with van der Waals surface area (Å²) in [5.74, 6) is 0.760. The van der Waals surface area contributed by atoms with Crippen LogP contribution in [0.5, 0.6) is 0 Å². The van der Waals surface area contributed by atoms with Crippen LogP contribution in [0.25, 0.3) is 10.1 Å². The van der Waals surface area contributed by atoms with E-state index in [0.29, 0.717) is 23.4 Å². The van der Waals surface area contributed by atoms with Gasteiger partial charge in [-0.15, -0.1) is 11.3 Å². The van der Waals surface area contributed by atoms with Crippen LogP contribution in [0, 0.1) is 5.92 Å². The van der Waals surface area contributed by atoms with Crippen LogP contribution in [0.15, 0.2) is 29.6 Å². The number of hydrogen-bond donors (Lipinski definition) is 2. The molecule has 1 aromatic carbocycles. The van der Waals surface area contributed by atoms with Crippen molar-refractivity contribution in [3.8, 4) is 0 Å². The van der Waals surface area contributed by atoms with Crippen LogP contribution in [0.3, 0.4) is 0 Å². The number of nitrogens with zero attached hydrogens (tertiary/aromatic N) is 1. The van der Waals surface area contributed by atoms with Gasteiger partial charge in [-0.05, 0) is 40.7 Å². The van der Waals surface area contributed by atoms with Crippen molar-refractivity contribution in [3.05, 3.63) is 35.2 Å². The zero-order valence-electron chi connectivity index (χ0n) is 9.74. The highest BCUT2D eigenvalue weighted by Gasteiger charge is 2.41. The first-order chi connectivity index (χ1) is 8.66. The van der Waals surface area contributed by atoms with Gasteiger partial charge in [-0.25, -0.2) is 9.86 Å². The lowest BCUT2D eigenvalue weighted by atomic mass is 10.1. The lowest BCUT2D eigenvalue weighted by Crippen LogP contribution is -2.34. The molecule has 0 saturated heterocycles. The summed E-state index contributed by atoms with van der Waals surface area (Å²) in [7, 11) is 0. The average molecular weight is 262 g/mol. The van der Waals surface area contributed by atoms with Crippen molar-refractivity contribution in [1.82, 2.24) is 5.06 Å². The van der Waals surface area contributed by atoms with E-state index in [1.165, 1.54) is 15.6 Å². The third-order valence-corrected chi connectivity index (χ3v) is 4.48. The average Bonchev–Trinajstić information content (AvgIpc) is 2.98. The summed E-state index contributed by atoms with van der Waals surface area (Å²) < 4.78 is 1.29. The molecule has 2 atom stereocenters. The number of carbonyl (C=O) groups is 1. The predicted octanol–water partition coefficient (Wildman–Crippen LogP) is 2.77. The van der Waals surface area contributed by atoms with Gasteiger partial charge in [0.05, 0.1) is 6.54 Å². The molecule has 4 nitrogen and oxygen atoms in total. The van der Waals surface area contributed by atoms with Gasteiger partial charge >= 0.3 is 6.03 Å². The molecule has 5 heteroatoms. The van der Waals surface area contributed by atoms with Gasteiger partial charge in [0.15, 0.2) is 0 Å². The molecule has 0 radical (unpaired) electrons. The lowest BCUT2D eigenvalue weighted by Gasteiger charge is -2.10. The summed E-state index contributed by atoms with van der Waals surface area (Å²) in [6.45, 7) is 0.324. The Hall–Kier alpha value is -1.59. The van der Waals surface area contributed by atoms with E-state index in [2.05, 4.69) is 17.5 Å². The molecule has 1 fully saturated rings. The highest BCUT2D eigenvalue weighted by molar-refractivity contribution is 7.17. The summed E-state index contributed by atoms with van der Waals surface area (Å²) in [6.07, 6.45) is 1.01. The largest absolute Gasteiger partial charge is 0.350 e. The molecule has 1 aromatic heterocycles. The number of rotatable bonds is 3. The number of carbonyl (C=O) groups excluding carboxylic acids is 1. The molecule has 3 rings (SSSR count). The molecule has 3 N–H and O–H groups in total. The van der Waals surface area contributed by atoms with E-state index in [0.717, 1.165) is 6.42 Å². The maximum absolute atomic E-state index is 10.8. The van der Waals surface area contributed by atoms with Crippen LogP contribution in [0.4, 0.5) is 4.79 Å². The van der Waals surface area contributed by atoms with Crippen LogP contribution < -0.4 is 5.73 Å². The van der Waals surface area contributed by atoms with Crippen LogP contribution in [0.2, 0.25) is 0 Å². The van der Waals surface area contributed by atoms with E-state index >= 15 is 0 Å². The van der Waals surface area contributed by atoms with E-state index in [1.807, 2.05) is 12.1 Å². The van der Waals surface area contributed by atoms with Gasteiger partial charge in [-0.3, -0.25) is 5.21 Å². The van der Waals surface area contributed by atoms with Crippen LogP contribution >= 0.6 is 11.3 Å². The van der Waals surface area contributed by atoms with Gasteiger partial charge in [0.1, 0.15) is 0 Å². The fourth-order valence-corrected chi connectivity index (χ4v) is 3.45. The van der Waals surface area contributed by atoms with E-state index in [1.54, 1.807) is 11.3 Å². The Kier molecular flexibility index (Phi) is 2.72. The van der Waals surface area contributed by atoms with Crippen molar-refractivity contribution in [1.29, 1.82) is 0 Å². The summed E-state index contributed by atoms with van der Waals surface area (Å²) in [5.41, 5.74) is 6.34. The van der Waals surface area contributed by atoms with Gasteiger partial charge in [-0.1, -0.05) is 18.2 Å². The number of fused-ring (bicyclic) bond motifs is 1. The second kappa shape index (κ2) is 4.26. The normalized spacial score (nSPS) is 22.1. The molecule has 94 valence electrons. The Morgan fingerprint density at radius 1 is 1.50 bits per heavy atom. The van der Waals surface area contributed by atoms with Crippen molar-refractivity contribution in [2.75, 3.05) is 6.54 Å². The quantitative estimate of drug-likeness (QED) is 0.659. The number of urea groups is 1. The maximum atomic E-state index is 10.8. The molecule has 1 aliphatic rings. The first-order valence-corrected chi connectivity index (χ1v) is 6.76. The van der Waals surface area contributed by atoms with Gasteiger partial charge < -0.3 is 5.73 Å². The maximum Gasteiger partial charge on any atom is 0.338 e. The fourth-order valence-electron chi connectivity index (χ4n) is 2.43. The number of hydrogen-bond acceptors (Lipinski definition) is 3. The van der Waals surface area contributed by atoms with Crippen LogP contribution in [-0.2, 0) is 0 Å². The minimum atomic E-state index is -0.782. The first kappa shape index (κ1) is 11.5. The SMILES string of the molecule is NC(=O)N(O)CC1CC1c1csc2ccccc12. The molecule has 0 bridgehead atoms. The molecule has 2 amide bonds. The molecule has 1 saturated carbocycles. The van der Waals surface area contributed by atoms with E-state index in [-0.39, 0.29) is 0 Å². The van der Waals surface area contributed by atoms with Crippen molar-refractivity contribution in [3.63, 3.8) is 0 Å². The number of primary amides is 1. The Bertz CT molecular complexity index is 595. The van der Waals surface area contributed by atoms with Gasteiger partial charge in [0.2, 0.25) is 0 Å². The Balaban J connectivity index is 1.76. The number of nitrogens with two attached hydrogens (primary N) is 1. The fraction of sp³-hybridized carbons (Fsp3) is 0.308. The molecule has 0 aliphatic heterocycles. The minimum absolute atomic E-state index is 0.320. The van der Waals surface area contributed by atoms with E-state index in [4.69, 9.17) is 5.73 Å². The molecular weight excluding hydrogens is 248 g/mol.